The van der Waals surface area contributed by atoms with Gasteiger partial charge in [-0.25, -0.2) is 0 Å². The van der Waals surface area contributed by atoms with E-state index < -0.39 is 0 Å². The van der Waals surface area contributed by atoms with Gasteiger partial charge in [-0.3, -0.25) is 9.98 Å². The first-order valence-electron chi connectivity index (χ1n) is 11.4. The second-order valence-corrected chi connectivity index (χ2v) is 11.9. The molecule has 162 valence electrons. The van der Waals surface area contributed by atoms with Crippen LogP contribution in [-0.4, -0.2) is 46.7 Å². The lowest BCUT2D eigenvalue weighted by Gasteiger charge is -2.45. The maximum absolute atomic E-state index is 4.89. The Morgan fingerprint density at radius 1 is 0.607 bits per heavy atom. The van der Waals surface area contributed by atoms with Crippen molar-refractivity contribution in [2.24, 2.45) is 9.98 Å². The molecule has 0 aromatic heterocycles. The molecule has 4 nitrogen and oxygen atoms in total. The Labute approximate surface area is 174 Å². The summed E-state index contributed by atoms with van der Waals surface area (Å²) in [5.41, 5.74) is 0.714. The minimum atomic E-state index is 0.179. The van der Waals surface area contributed by atoms with E-state index in [1.54, 1.807) is 0 Å². The smallest absolute Gasteiger partial charge is 0.0530 e. The van der Waals surface area contributed by atoms with Gasteiger partial charge in [-0.15, -0.1) is 0 Å². The number of rotatable bonds is 7. The van der Waals surface area contributed by atoms with Gasteiger partial charge in [-0.2, -0.15) is 0 Å². The summed E-state index contributed by atoms with van der Waals surface area (Å²) in [6.45, 7) is 18.3. The molecule has 0 aromatic rings. The Morgan fingerprint density at radius 3 is 1.18 bits per heavy atom. The van der Waals surface area contributed by atoms with Crippen LogP contribution in [0, 0.1) is 0 Å². The van der Waals surface area contributed by atoms with E-state index in [1.807, 2.05) is 0 Å². The van der Waals surface area contributed by atoms with Crippen molar-refractivity contribution in [2.45, 2.75) is 141 Å². The average molecular weight is 391 g/mol. The van der Waals surface area contributed by atoms with E-state index in [1.165, 1.54) is 12.8 Å². The van der Waals surface area contributed by atoms with Crippen LogP contribution in [0.5, 0.6) is 0 Å². The number of piperidine rings is 2. The molecule has 0 aromatic carbocycles. The lowest BCUT2D eigenvalue weighted by Crippen LogP contribution is -2.58. The molecule has 4 heteroatoms. The van der Waals surface area contributed by atoms with Gasteiger partial charge in [0.2, 0.25) is 0 Å². The molecule has 0 radical (unpaired) electrons. The Kier molecular flexibility index (Phi) is 7.53. The van der Waals surface area contributed by atoms with Crippen molar-refractivity contribution < 1.29 is 0 Å². The van der Waals surface area contributed by atoms with Crippen LogP contribution < -0.4 is 10.6 Å². The van der Waals surface area contributed by atoms with Gasteiger partial charge in [0.05, 0.1) is 12.1 Å². The lowest BCUT2D eigenvalue weighted by atomic mass is 9.80. The second kappa shape index (κ2) is 8.95. The summed E-state index contributed by atoms with van der Waals surface area (Å²) in [7, 11) is 0. The topological polar surface area (TPSA) is 48.8 Å². The van der Waals surface area contributed by atoms with E-state index in [2.05, 4.69) is 78.5 Å². The van der Waals surface area contributed by atoms with Crippen molar-refractivity contribution >= 4 is 12.4 Å². The first kappa shape index (κ1) is 23.5. The lowest BCUT2D eigenvalue weighted by molar-refractivity contribution is 0.164. The Bertz CT molecular complexity index is 475. The first-order chi connectivity index (χ1) is 12.8. The summed E-state index contributed by atoms with van der Waals surface area (Å²) in [5.74, 6) is 0. The Balaban J connectivity index is 1.65. The van der Waals surface area contributed by atoms with Crippen LogP contribution in [0.4, 0.5) is 0 Å². The number of hydrogen-bond donors (Lipinski definition) is 2. The van der Waals surface area contributed by atoms with E-state index in [0.29, 0.717) is 12.1 Å². The zero-order chi connectivity index (χ0) is 21.1. The largest absolute Gasteiger partial charge is 0.307 e. The van der Waals surface area contributed by atoms with Gasteiger partial charge in [0.25, 0.3) is 0 Å². The van der Waals surface area contributed by atoms with E-state index in [-0.39, 0.29) is 22.2 Å². The molecule has 0 atom stereocenters. The third kappa shape index (κ3) is 8.32. The van der Waals surface area contributed by atoms with Crippen LogP contribution in [0.25, 0.3) is 0 Å². The van der Waals surface area contributed by atoms with Crippen LogP contribution in [0.2, 0.25) is 0 Å². The first-order valence-corrected chi connectivity index (χ1v) is 11.4. The van der Waals surface area contributed by atoms with Crippen LogP contribution in [-0.2, 0) is 0 Å². The van der Waals surface area contributed by atoms with E-state index in [4.69, 9.17) is 9.98 Å². The Morgan fingerprint density at radius 2 is 0.893 bits per heavy atom. The quantitative estimate of drug-likeness (QED) is 0.457. The van der Waals surface area contributed by atoms with Crippen molar-refractivity contribution in [3.63, 3.8) is 0 Å². The van der Waals surface area contributed by atoms with Crippen LogP contribution >= 0.6 is 0 Å². The van der Waals surface area contributed by atoms with Crippen molar-refractivity contribution in [1.29, 1.82) is 0 Å². The van der Waals surface area contributed by atoms with Gasteiger partial charge in [-0.05, 0) is 119 Å². The fourth-order valence-corrected chi connectivity index (χ4v) is 5.67. The molecular formula is C24H46N4. The van der Waals surface area contributed by atoms with Gasteiger partial charge < -0.3 is 10.6 Å². The summed E-state index contributed by atoms with van der Waals surface area (Å²) in [6.07, 6.45) is 13.5. The number of aliphatic imine (C=N–C) groups is 2. The molecule has 28 heavy (non-hydrogen) atoms. The fraction of sp³-hybridized carbons (Fsp3) is 0.917. The van der Waals surface area contributed by atoms with Gasteiger partial charge in [0, 0.05) is 22.2 Å². The van der Waals surface area contributed by atoms with Gasteiger partial charge in [-0.1, -0.05) is 0 Å². The number of hydrogen-bond acceptors (Lipinski definition) is 4. The fourth-order valence-electron chi connectivity index (χ4n) is 5.67. The Hall–Kier alpha value is -0.740. The zero-order valence-corrected chi connectivity index (χ0v) is 19.9. The molecule has 2 aliphatic rings. The molecule has 0 unspecified atom stereocenters. The molecule has 2 saturated heterocycles. The summed E-state index contributed by atoms with van der Waals surface area (Å²) < 4.78 is 0. The summed E-state index contributed by atoms with van der Waals surface area (Å²) >= 11 is 0. The zero-order valence-electron chi connectivity index (χ0n) is 19.9. The predicted octanol–water partition coefficient (Wildman–Crippen LogP) is 5.31. The molecular weight excluding hydrogens is 344 g/mol. The maximum atomic E-state index is 4.89. The van der Waals surface area contributed by atoms with Crippen LogP contribution in [0.3, 0.4) is 0 Å². The van der Waals surface area contributed by atoms with E-state index in [9.17, 15) is 0 Å². The third-order valence-electron chi connectivity index (χ3n) is 5.89. The normalized spacial score (nSPS) is 27.6. The van der Waals surface area contributed by atoms with Gasteiger partial charge >= 0.3 is 0 Å². The van der Waals surface area contributed by atoms with E-state index in [0.717, 1.165) is 38.5 Å². The molecule has 2 fully saturated rings. The molecule has 2 rings (SSSR count). The average Bonchev–Trinajstić information content (AvgIpc) is 2.43. The maximum Gasteiger partial charge on any atom is 0.0530 e. The highest BCUT2D eigenvalue weighted by molar-refractivity contribution is 5.59. The predicted molar refractivity (Wildman–Crippen MR) is 124 cm³/mol. The summed E-state index contributed by atoms with van der Waals surface area (Å²) in [6, 6.07) is 0.916. The van der Waals surface area contributed by atoms with Gasteiger partial charge in [0.15, 0.2) is 0 Å². The van der Waals surface area contributed by atoms with Crippen molar-refractivity contribution in [2.75, 3.05) is 0 Å². The molecule has 2 aliphatic heterocycles. The SMILES string of the molecule is CC1(C)CC(N=CCCCCC=NC2CC(C)(C)NC(C)(C)C2)CC(C)(C)N1. The van der Waals surface area contributed by atoms with E-state index >= 15 is 0 Å². The highest BCUT2D eigenvalue weighted by Gasteiger charge is 2.38. The molecule has 0 saturated carbocycles. The molecule has 0 bridgehead atoms. The number of unbranched alkanes of at least 4 members (excludes halogenated alkanes) is 3. The molecule has 2 heterocycles. The van der Waals surface area contributed by atoms with Crippen molar-refractivity contribution in [3.8, 4) is 0 Å². The van der Waals surface area contributed by atoms with Crippen LogP contribution in [0.1, 0.15) is 107 Å². The molecule has 0 aliphatic carbocycles. The second-order valence-electron chi connectivity index (χ2n) is 11.9. The van der Waals surface area contributed by atoms with Crippen LogP contribution in [0.15, 0.2) is 9.98 Å². The number of nitrogens with zero attached hydrogens (tertiary/aromatic N) is 2. The minimum Gasteiger partial charge on any atom is -0.307 e. The highest BCUT2D eigenvalue weighted by atomic mass is 15.1. The minimum absolute atomic E-state index is 0.179. The monoisotopic (exact) mass is 390 g/mol. The molecule has 2 N–H and O–H groups in total. The van der Waals surface area contributed by atoms with Gasteiger partial charge in [0.1, 0.15) is 0 Å². The summed E-state index contributed by atoms with van der Waals surface area (Å²) in [5, 5.41) is 7.46. The number of nitrogens with one attached hydrogen (secondary N) is 2. The highest BCUT2D eigenvalue weighted by Crippen LogP contribution is 2.31. The molecule has 0 amide bonds. The standard InChI is InChI=1S/C24H46N4/c1-21(2)15-19(16-22(3,4)27-21)25-13-11-9-10-12-14-26-20-17-23(5,6)28-24(7,8)18-20/h13-14,19-20,27-28H,9-12,15-18H2,1-8H3. The van der Waals surface area contributed by atoms with Crippen molar-refractivity contribution in [3.05, 3.63) is 0 Å². The van der Waals surface area contributed by atoms with Crippen molar-refractivity contribution in [1.82, 2.24) is 10.6 Å². The summed E-state index contributed by atoms with van der Waals surface area (Å²) in [4.78, 5) is 9.78. The molecule has 0 spiro atoms. The third-order valence-corrected chi connectivity index (χ3v) is 5.89.